The van der Waals surface area contributed by atoms with Gasteiger partial charge in [-0.05, 0) is 57.0 Å². The van der Waals surface area contributed by atoms with Crippen molar-refractivity contribution in [2.75, 3.05) is 19.7 Å². The SMILES string of the molecule is CC(C)N(CC1CCCN1)C(=O)c1ccc2c(c1)CCO2. The second-order valence-corrected chi connectivity index (χ2v) is 6.27. The topological polar surface area (TPSA) is 41.6 Å². The minimum absolute atomic E-state index is 0.133. The number of benzene rings is 1. The van der Waals surface area contributed by atoms with E-state index in [1.54, 1.807) is 0 Å². The average Bonchev–Trinajstić information content (AvgIpc) is 3.14. The predicted molar refractivity (Wildman–Crippen MR) is 82.8 cm³/mol. The van der Waals surface area contributed by atoms with Gasteiger partial charge in [0.05, 0.1) is 6.61 Å². The molecule has 0 aromatic heterocycles. The zero-order valence-electron chi connectivity index (χ0n) is 12.9. The van der Waals surface area contributed by atoms with Crippen molar-refractivity contribution in [3.63, 3.8) is 0 Å². The molecule has 1 unspecified atom stereocenters. The lowest BCUT2D eigenvalue weighted by Gasteiger charge is -2.29. The Bertz CT molecular complexity index is 522. The highest BCUT2D eigenvalue weighted by atomic mass is 16.5. The van der Waals surface area contributed by atoms with Crippen LogP contribution in [0.1, 0.15) is 42.6 Å². The molecule has 1 aromatic rings. The van der Waals surface area contributed by atoms with Crippen molar-refractivity contribution in [1.29, 1.82) is 0 Å². The van der Waals surface area contributed by atoms with Gasteiger partial charge in [-0.2, -0.15) is 0 Å². The molecular formula is C17H24N2O2. The number of rotatable bonds is 4. The van der Waals surface area contributed by atoms with Gasteiger partial charge in [-0.3, -0.25) is 4.79 Å². The summed E-state index contributed by atoms with van der Waals surface area (Å²) in [5, 5.41) is 3.48. The molecule has 1 atom stereocenters. The van der Waals surface area contributed by atoms with E-state index in [9.17, 15) is 4.79 Å². The van der Waals surface area contributed by atoms with Gasteiger partial charge in [-0.25, -0.2) is 0 Å². The van der Waals surface area contributed by atoms with Gasteiger partial charge in [0.15, 0.2) is 0 Å². The van der Waals surface area contributed by atoms with E-state index in [4.69, 9.17) is 4.74 Å². The van der Waals surface area contributed by atoms with Crippen molar-refractivity contribution >= 4 is 5.91 Å². The molecule has 21 heavy (non-hydrogen) atoms. The number of carbonyl (C=O) groups excluding carboxylic acids is 1. The number of hydrogen-bond donors (Lipinski definition) is 1. The van der Waals surface area contributed by atoms with E-state index in [2.05, 4.69) is 19.2 Å². The largest absolute Gasteiger partial charge is 0.493 e. The molecule has 1 fully saturated rings. The minimum Gasteiger partial charge on any atom is -0.493 e. The third-order valence-electron chi connectivity index (χ3n) is 4.40. The fourth-order valence-corrected chi connectivity index (χ4v) is 3.16. The zero-order valence-corrected chi connectivity index (χ0v) is 12.9. The molecule has 114 valence electrons. The van der Waals surface area contributed by atoms with E-state index in [-0.39, 0.29) is 11.9 Å². The molecule has 2 heterocycles. The summed E-state index contributed by atoms with van der Waals surface area (Å²) in [5.74, 6) is 1.06. The van der Waals surface area contributed by atoms with Gasteiger partial charge in [0, 0.05) is 30.6 Å². The molecule has 4 heteroatoms. The predicted octanol–water partition coefficient (Wildman–Crippen LogP) is 2.22. The molecule has 2 aliphatic heterocycles. The van der Waals surface area contributed by atoms with Crippen molar-refractivity contribution in [2.45, 2.75) is 45.2 Å². The van der Waals surface area contributed by atoms with Gasteiger partial charge in [-0.15, -0.1) is 0 Å². The summed E-state index contributed by atoms with van der Waals surface area (Å²) in [7, 11) is 0. The number of carbonyl (C=O) groups is 1. The highest BCUT2D eigenvalue weighted by molar-refractivity contribution is 5.95. The molecule has 4 nitrogen and oxygen atoms in total. The Labute approximate surface area is 126 Å². The summed E-state index contributed by atoms with van der Waals surface area (Å²) >= 11 is 0. The standard InChI is InChI=1S/C17H24N2O2/c1-12(2)19(11-15-4-3-8-18-15)17(20)14-5-6-16-13(10-14)7-9-21-16/h5-6,10,12,15,18H,3-4,7-9,11H2,1-2H3. The maximum absolute atomic E-state index is 12.8. The Morgan fingerprint density at radius 1 is 1.48 bits per heavy atom. The third kappa shape index (κ3) is 3.05. The van der Waals surface area contributed by atoms with Crippen LogP contribution in [-0.2, 0) is 6.42 Å². The maximum Gasteiger partial charge on any atom is 0.254 e. The van der Waals surface area contributed by atoms with Crippen molar-refractivity contribution in [3.05, 3.63) is 29.3 Å². The van der Waals surface area contributed by atoms with Crippen LogP contribution in [0, 0.1) is 0 Å². The van der Waals surface area contributed by atoms with Gasteiger partial charge in [0.2, 0.25) is 0 Å². The van der Waals surface area contributed by atoms with Crippen LogP contribution in [0.4, 0.5) is 0 Å². The van der Waals surface area contributed by atoms with Crippen molar-refractivity contribution in [1.82, 2.24) is 10.2 Å². The fourth-order valence-electron chi connectivity index (χ4n) is 3.16. The molecule has 0 radical (unpaired) electrons. The molecule has 1 N–H and O–H groups in total. The Balaban J connectivity index is 1.76. The second-order valence-electron chi connectivity index (χ2n) is 6.27. The summed E-state index contributed by atoms with van der Waals surface area (Å²) in [4.78, 5) is 14.8. The van der Waals surface area contributed by atoms with Gasteiger partial charge in [-0.1, -0.05) is 0 Å². The third-order valence-corrected chi connectivity index (χ3v) is 4.40. The van der Waals surface area contributed by atoms with Gasteiger partial charge in [0.25, 0.3) is 5.91 Å². The zero-order chi connectivity index (χ0) is 14.8. The average molecular weight is 288 g/mol. The lowest BCUT2D eigenvalue weighted by Crippen LogP contribution is -2.44. The maximum atomic E-state index is 12.8. The Morgan fingerprint density at radius 3 is 3.05 bits per heavy atom. The normalized spacial score (nSPS) is 20.4. The molecule has 1 amide bonds. The highest BCUT2D eigenvalue weighted by Crippen LogP contribution is 2.26. The minimum atomic E-state index is 0.133. The van der Waals surface area contributed by atoms with Crippen LogP contribution in [0.25, 0.3) is 0 Å². The summed E-state index contributed by atoms with van der Waals surface area (Å²) < 4.78 is 5.51. The number of amides is 1. The van der Waals surface area contributed by atoms with E-state index >= 15 is 0 Å². The second kappa shape index (κ2) is 6.06. The lowest BCUT2D eigenvalue weighted by atomic mass is 10.1. The Morgan fingerprint density at radius 2 is 2.33 bits per heavy atom. The van der Waals surface area contributed by atoms with Crippen LogP contribution >= 0.6 is 0 Å². The molecule has 0 bridgehead atoms. The van der Waals surface area contributed by atoms with Crippen LogP contribution in [0.2, 0.25) is 0 Å². The smallest absolute Gasteiger partial charge is 0.254 e. The first-order valence-corrected chi connectivity index (χ1v) is 7.95. The highest BCUT2D eigenvalue weighted by Gasteiger charge is 2.25. The number of nitrogens with zero attached hydrogens (tertiary/aromatic N) is 1. The molecule has 3 rings (SSSR count). The van der Waals surface area contributed by atoms with Gasteiger partial charge in [0.1, 0.15) is 5.75 Å². The monoisotopic (exact) mass is 288 g/mol. The van der Waals surface area contributed by atoms with Crippen LogP contribution in [-0.4, -0.2) is 42.6 Å². The molecule has 1 saturated heterocycles. The summed E-state index contributed by atoms with van der Waals surface area (Å²) in [6.07, 6.45) is 3.28. The van der Waals surface area contributed by atoms with Crippen LogP contribution in [0.5, 0.6) is 5.75 Å². The quantitative estimate of drug-likeness (QED) is 0.923. The first-order valence-electron chi connectivity index (χ1n) is 7.95. The first kappa shape index (κ1) is 14.4. The summed E-state index contributed by atoms with van der Waals surface area (Å²) in [6, 6.07) is 6.48. The molecular weight excluding hydrogens is 264 g/mol. The van der Waals surface area contributed by atoms with Gasteiger partial charge < -0.3 is 15.0 Å². The number of nitrogens with one attached hydrogen (secondary N) is 1. The van der Waals surface area contributed by atoms with Gasteiger partial charge >= 0.3 is 0 Å². The van der Waals surface area contributed by atoms with Crippen LogP contribution in [0.3, 0.4) is 0 Å². The van der Waals surface area contributed by atoms with E-state index < -0.39 is 0 Å². The molecule has 0 spiro atoms. The fraction of sp³-hybridized carbons (Fsp3) is 0.588. The molecule has 2 aliphatic rings. The number of ether oxygens (including phenoxy) is 1. The van der Waals surface area contributed by atoms with E-state index in [1.165, 1.54) is 6.42 Å². The summed E-state index contributed by atoms with van der Waals surface area (Å²) in [5.41, 5.74) is 1.94. The van der Waals surface area contributed by atoms with Crippen LogP contribution < -0.4 is 10.1 Å². The van der Waals surface area contributed by atoms with E-state index in [0.717, 1.165) is 49.4 Å². The van der Waals surface area contributed by atoms with Crippen molar-refractivity contribution in [2.24, 2.45) is 0 Å². The first-order chi connectivity index (χ1) is 10.1. The van der Waals surface area contributed by atoms with Crippen molar-refractivity contribution < 1.29 is 9.53 Å². The lowest BCUT2D eigenvalue weighted by molar-refractivity contribution is 0.0689. The van der Waals surface area contributed by atoms with Crippen LogP contribution in [0.15, 0.2) is 18.2 Å². The Hall–Kier alpha value is -1.55. The van der Waals surface area contributed by atoms with Crippen molar-refractivity contribution in [3.8, 4) is 5.75 Å². The molecule has 1 aromatic carbocycles. The molecule has 0 aliphatic carbocycles. The Kier molecular flexibility index (Phi) is 4.15. The summed E-state index contributed by atoms with van der Waals surface area (Å²) in [6.45, 7) is 6.77. The van der Waals surface area contributed by atoms with E-state index in [0.29, 0.717) is 6.04 Å². The van der Waals surface area contributed by atoms with E-state index in [1.807, 2.05) is 23.1 Å². The number of hydrogen-bond acceptors (Lipinski definition) is 3. The number of fused-ring (bicyclic) bond motifs is 1. The molecule has 0 saturated carbocycles.